The van der Waals surface area contributed by atoms with Gasteiger partial charge in [0.25, 0.3) is 0 Å². The van der Waals surface area contributed by atoms with Gasteiger partial charge in [0, 0.05) is 5.39 Å². The van der Waals surface area contributed by atoms with Crippen molar-refractivity contribution in [3.05, 3.63) is 30.0 Å². The molecular formula is C8H5N2S. The molecule has 0 aliphatic carbocycles. The highest BCUT2D eigenvalue weighted by Crippen LogP contribution is 2.12. The Labute approximate surface area is 69.2 Å². The van der Waals surface area contributed by atoms with Crippen LogP contribution in [0, 0.1) is 0 Å². The molecule has 2 aromatic rings. The summed E-state index contributed by atoms with van der Waals surface area (Å²) >= 11 is 4.67. The van der Waals surface area contributed by atoms with Gasteiger partial charge in [-0.3, -0.25) is 5.10 Å². The number of rotatable bonds is 1. The van der Waals surface area contributed by atoms with Crippen LogP contribution in [0.4, 0.5) is 0 Å². The molecule has 0 aliphatic rings. The standard InChI is InChI=1S/C8H5N2S/c11-5-8-6-3-1-2-4-7(6)9-10-8/h1-4H,(H,9,10). The van der Waals surface area contributed by atoms with Crippen LogP contribution in [0.15, 0.2) is 24.3 Å². The fourth-order valence-electron chi connectivity index (χ4n) is 1.04. The third-order valence-electron chi connectivity index (χ3n) is 1.57. The van der Waals surface area contributed by atoms with E-state index in [9.17, 15) is 0 Å². The van der Waals surface area contributed by atoms with Crippen molar-refractivity contribution in [2.24, 2.45) is 0 Å². The molecule has 2 rings (SSSR count). The lowest BCUT2D eigenvalue weighted by Crippen LogP contribution is -1.76. The Kier molecular flexibility index (Phi) is 1.43. The van der Waals surface area contributed by atoms with Crippen LogP contribution in [0.3, 0.4) is 0 Å². The molecule has 1 aromatic carbocycles. The zero-order chi connectivity index (χ0) is 7.68. The molecule has 1 radical (unpaired) electrons. The Morgan fingerprint density at radius 3 is 3.00 bits per heavy atom. The average molecular weight is 161 g/mol. The molecule has 0 unspecified atom stereocenters. The topological polar surface area (TPSA) is 28.7 Å². The molecule has 0 saturated heterocycles. The maximum Gasteiger partial charge on any atom is 0.112 e. The van der Waals surface area contributed by atoms with Crippen molar-refractivity contribution in [2.75, 3.05) is 0 Å². The van der Waals surface area contributed by atoms with Crippen molar-refractivity contribution in [3.63, 3.8) is 0 Å². The summed E-state index contributed by atoms with van der Waals surface area (Å²) in [6, 6.07) is 7.83. The van der Waals surface area contributed by atoms with Crippen molar-refractivity contribution in [1.29, 1.82) is 0 Å². The normalized spacial score (nSPS) is 10.2. The zero-order valence-electron chi connectivity index (χ0n) is 5.66. The van der Waals surface area contributed by atoms with Crippen LogP contribution in [0.1, 0.15) is 5.69 Å². The first kappa shape index (κ1) is 6.49. The second-order valence-electron chi connectivity index (χ2n) is 2.22. The molecule has 2 nitrogen and oxygen atoms in total. The fourth-order valence-corrected chi connectivity index (χ4v) is 1.20. The van der Waals surface area contributed by atoms with Gasteiger partial charge in [0.05, 0.1) is 10.9 Å². The van der Waals surface area contributed by atoms with E-state index in [1.54, 1.807) is 0 Å². The molecule has 0 saturated carbocycles. The molecule has 1 N–H and O–H groups in total. The van der Waals surface area contributed by atoms with Crippen LogP contribution >= 0.6 is 12.2 Å². The molecule has 0 atom stereocenters. The van der Waals surface area contributed by atoms with E-state index in [0.717, 1.165) is 16.6 Å². The third kappa shape index (κ3) is 0.935. The van der Waals surface area contributed by atoms with Gasteiger partial charge in [-0.15, -0.1) is 0 Å². The summed E-state index contributed by atoms with van der Waals surface area (Å²) in [5, 5.41) is 10.5. The second-order valence-corrected chi connectivity index (χ2v) is 2.42. The van der Waals surface area contributed by atoms with Gasteiger partial charge in [-0.25, -0.2) is 0 Å². The van der Waals surface area contributed by atoms with Gasteiger partial charge < -0.3 is 0 Å². The Balaban J connectivity index is 2.86. The van der Waals surface area contributed by atoms with E-state index >= 15 is 0 Å². The Morgan fingerprint density at radius 2 is 2.18 bits per heavy atom. The maximum atomic E-state index is 4.67. The summed E-state index contributed by atoms with van der Waals surface area (Å²) in [7, 11) is 0. The van der Waals surface area contributed by atoms with E-state index in [0.29, 0.717) is 0 Å². The fraction of sp³-hybridized carbons (Fsp3) is 0. The average Bonchev–Trinajstić information content (AvgIpc) is 2.47. The van der Waals surface area contributed by atoms with Crippen LogP contribution in [0.5, 0.6) is 0 Å². The lowest BCUT2D eigenvalue weighted by Gasteiger charge is -1.84. The van der Waals surface area contributed by atoms with Crippen molar-refractivity contribution < 1.29 is 0 Å². The zero-order valence-corrected chi connectivity index (χ0v) is 6.48. The SMILES string of the molecule is S=[C]c1n[nH]c2ccccc12. The third-order valence-corrected chi connectivity index (χ3v) is 1.76. The van der Waals surface area contributed by atoms with E-state index in [-0.39, 0.29) is 0 Å². The number of H-pyrrole nitrogens is 1. The first-order valence-electron chi connectivity index (χ1n) is 3.23. The lowest BCUT2D eigenvalue weighted by molar-refractivity contribution is 1.11. The quantitative estimate of drug-likeness (QED) is 0.646. The second kappa shape index (κ2) is 2.43. The van der Waals surface area contributed by atoms with Crippen molar-refractivity contribution in [2.45, 2.75) is 0 Å². The predicted octanol–water partition coefficient (Wildman–Crippen LogP) is 1.79. The van der Waals surface area contributed by atoms with E-state index in [1.165, 1.54) is 0 Å². The Morgan fingerprint density at radius 1 is 1.36 bits per heavy atom. The van der Waals surface area contributed by atoms with Gasteiger partial charge in [-0.05, 0) is 6.07 Å². The lowest BCUT2D eigenvalue weighted by atomic mass is 10.2. The Hall–Kier alpha value is -1.22. The highest BCUT2D eigenvalue weighted by Gasteiger charge is 1.99. The molecule has 1 heterocycles. The molecule has 0 bridgehead atoms. The molecular weight excluding hydrogens is 156 g/mol. The van der Waals surface area contributed by atoms with Crippen LogP contribution in [0.2, 0.25) is 0 Å². The summed E-state index contributed by atoms with van der Waals surface area (Å²) in [5.41, 5.74) is 1.72. The van der Waals surface area contributed by atoms with Gasteiger partial charge in [-0.2, -0.15) is 5.10 Å². The number of aromatic amines is 1. The summed E-state index contributed by atoms with van der Waals surface area (Å²) < 4.78 is 0. The molecule has 53 valence electrons. The molecule has 0 fully saturated rings. The van der Waals surface area contributed by atoms with Crippen molar-refractivity contribution in [3.8, 4) is 0 Å². The van der Waals surface area contributed by atoms with Gasteiger partial charge in [0.1, 0.15) is 5.69 Å². The highest BCUT2D eigenvalue weighted by molar-refractivity contribution is 7.79. The Bertz CT molecular complexity index is 392. The van der Waals surface area contributed by atoms with E-state index in [2.05, 4.69) is 27.8 Å². The number of benzene rings is 1. The number of thiocarbonyl (C=S) groups is 1. The van der Waals surface area contributed by atoms with E-state index in [4.69, 9.17) is 0 Å². The number of fused-ring (bicyclic) bond motifs is 1. The monoisotopic (exact) mass is 161 g/mol. The smallest absolute Gasteiger partial charge is 0.112 e. The van der Waals surface area contributed by atoms with Crippen LogP contribution < -0.4 is 0 Å². The minimum atomic E-state index is 0.718. The predicted molar refractivity (Wildman–Crippen MR) is 47.8 cm³/mol. The number of nitrogens with zero attached hydrogens (tertiary/aromatic N) is 1. The molecule has 0 aliphatic heterocycles. The van der Waals surface area contributed by atoms with Crippen LogP contribution in [0.25, 0.3) is 10.9 Å². The first-order chi connectivity index (χ1) is 5.42. The minimum absolute atomic E-state index is 0.718. The number of aromatic nitrogens is 2. The van der Waals surface area contributed by atoms with Gasteiger partial charge in [0.15, 0.2) is 0 Å². The highest BCUT2D eigenvalue weighted by atomic mass is 32.1. The van der Waals surface area contributed by atoms with Crippen LogP contribution in [-0.2, 0) is 0 Å². The van der Waals surface area contributed by atoms with E-state index in [1.807, 2.05) is 24.3 Å². The number of para-hydroxylation sites is 1. The summed E-state index contributed by atoms with van der Waals surface area (Å²) in [6.45, 7) is 0. The molecule has 0 spiro atoms. The van der Waals surface area contributed by atoms with E-state index < -0.39 is 0 Å². The van der Waals surface area contributed by atoms with Gasteiger partial charge >= 0.3 is 0 Å². The molecule has 1 aromatic heterocycles. The molecule has 11 heavy (non-hydrogen) atoms. The summed E-state index contributed by atoms with van der Waals surface area (Å²) in [4.78, 5) is 0. The molecule has 0 amide bonds. The van der Waals surface area contributed by atoms with Crippen LogP contribution in [-0.4, -0.2) is 15.6 Å². The minimum Gasteiger partial charge on any atom is -0.277 e. The number of hydrogen-bond donors (Lipinski definition) is 1. The van der Waals surface area contributed by atoms with Crippen molar-refractivity contribution in [1.82, 2.24) is 10.2 Å². The maximum absolute atomic E-state index is 4.67. The van der Waals surface area contributed by atoms with Gasteiger partial charge in [-0.1, -0.05) is 30.4 Å². The number of hydrogen-bond acceptors (Lipinski definition) is 2. The largest absolute Gasteiger partial charge is 0.277 e. The first-order valence-corrected chi connectivity index (χ1v) is 3.64. The van der Waals surface area contributed by atoms with Gasteiger partial charge in [0.2, 0.25) is 0 Å². The van der Waals surface area contributed by atoms with Crippen molar-refractivity contribution >= 4 is 28.5 Å². The molecule has 3 heteroatoms. The summed E-state index contributed by atoms with van der Waals surface area (Å²) in [6.07, 6.45) is 0. The summed E-state index contributed by atoms with van der Waals surface area (Å²) in [5.74, 6) is 0. The number of nitrogens with one attached hydrogen (secondary N) is 1.